The zero-order valence-electron chi connectivity index (χ0n) is 16.3. The zero-order valence-corrected chi connectivity index (χ0v) is 16.3. The second-order valence-electron chi connectivity index (χ2n) is 9.64. The predicted molar refractivity (Wildman–Crippen MR) is 108 cm³/mol. The Kier molecular flexibility index (Phi) is 3.91. The smallest absolute Gasteiger partial charge is 0.115 e. The second-order valence-corrected chi connectivity index (χ2v) is 9.64. The van der Waals surface area contributed by atoms with Gasteiger partial charge in [-0.15, -0.1) is 0 Å². The van der Waals surface area contributed by atoms with Crippen molar-refractivity contribution in [1.29, 1.82) is 0 Å². The lowest BCUT2D eigenvalue weighted by Gasteiger charge is -2.53. The van der Waals surface area contributed by atoms with Gasteiger partial charge in [0.25, 0.3) is 0 Å². The van der Waals surface area contributed by atoms with E-state index in [2.05, 4.69) is 50.2 Å². The van der Waals surface area contributed by atoms with Crippen molar-refractivity contribution in [1.82, 2.24) is 0 Å². The molecule has 2 saturated carbocycles. The van der Waals surface area contributed by atoms with Gasteiger partial charge >= 0.3 is 0 Å². The molecule has 3 aliphatic rings. The SMILES string of the molecule is C[C@@H]1[C@H]2[C@H]3[C@H](CC[C@]2(C)C[C@@H]1O)c1ccc(O)cc1C[C@H]3c1ccccc1. The van der Waals surface area contributed by atoms with Crippen LogP contribution in [0.25, 0.3) is 0 Å². The van der Waals surface area contributed by atoms with Gasteiger partial charge in [-0.1, -0.05) is 50.2 Å². The summed E-state index contributed by atoms with van der Waals surface area (Å²) >= 11 is 0. The van der Waals surface area contributed by atoms with E-state index >= 15 is 0 Å². The van der Waals surface area contributed by atoms with Gasteiger partial charge in [-0.2, -0.15) is 0 Å². The number of benzene rings is 2. The van der Waals surface area contributed by atoms with Crippen LogP contribution in [0.1, 0.15) is 61.6 Å². The van der Waals surface area contributed by atoms with Crippen LogP contribution in [0.3, 0.4) is 0 Å². The number of aliphatic hydroxyl groups excluding tert-OH is 1. The summed E-state index contributed by atoms with van der Waals surface area (Å²) in [4.78, 5) is 0. The van der Waals surface area contributed by atoms with Crippen LogP contribution in [0, 0.1) is 23.2 Å². The minimum atomic E-state index is -0.170. The molecule has 2 aromatic carbocycles. The normalized spacial score (nSPS) is 40.1. The van der Waals surface area contributed by atoms with Crippen molar-refractivity contribution in [2.45, 2.75) is 57.5 Å². The molecule has 0 unspecified atom stereocenters. The van der Waals surface area contributed by atoms with Gasteiger partial charge in [-0.3, -0.25) is 0 Å². The van der Waals surface area contributed by atoms with Crippen LogP contribution in [0.15, 0.2) is 48.5 Å². The molecule has 2 aromatic rings. The van der Waals surface area contributed by atoms with Crippen molar-refractivity contribution < 1.29 is 10.2 Å². The zero-order chi connectivity index (χ0) is 18.8. The fraction of sp³-hybridized carbons (Fsp3) is 0.520. The Morgan fingerprint density at radius 3 is 2.59 bits per heavy atom. The highest BCUT2D eigenvalue weighted by molar-refractivity contribution is 5.43. The van der Waals surface area contributed by atoms with E-state index in [1.54, 1.807) is 0 Å². The van der Waals surface area contributed by atoms with Crippen LogP contribution in [0.2, 0.25) is 0 Å². The van der Waals surface area contributed by atoms with Gasteiger partial charge in [0.2, 0.25) is 0 Å². The van der Waals surface area contributed by atoms with Crippen LogP contribution >= 0.6 is 0 Å². The van der Waals surface area contributed by atoms with Crippen LogP contribution in [0.4, 0.5) is 0 Å². The van der Waals surface area contributed by atoms with Crippen molar-refractivity contribution in [3.05, 3.63) is 65.2 Å². The summed E-state index contributed by atoms with van der Waals surface area (Å²) < 4.78 is 0. The third kappa shape index (κ3) is 2.56. The first-order valence-corrected chi connectivity index (χ1v) is 10.5. The molecule has 0 saturated heterocycles. The minimum Gasteiger partial charge on any atom is -0.508 e. The summed E-state index contributed by atoms with van der Waals surface area (Å²) in [5.41, 5.74) is 4.43. The highest BCUT2D eigenvalue weighted by Crippen LogP contribution is 2.65. The number of fused-ring (bicyclic) bond motifs is 5. The van der Waals surface area contributed by atoms with Crippen molar-refractivity contribution in [3.8, 4) is 5.75 Å². The summed E-state index contributed by atoms with van der Waals surface area (Å²) in [6, 6.07) is 17.0. The average Bonchev–Trinajstić information content (AvgIpc) is 2.90. The Morgan fingerprint density at radius 2 is 1.81 bits per heavy atom. The summed E-state index contributed by atoms with van der Waals surface area (Å²) in [5, 5.41) is 20.8. The molecule has 2 heteroatoms. The largest absolute Gasteiger partial charge is 0.508 e. The van der Waals surface area contributed by atoms with Crippen molar-refractivity contribution in [3.63, 3.8) is 0 Å². The molecule has 0 aliphatic heterocycles. The van der Waals surface area contributed by atoms with Crippen molar-refractivity contribution in [2.24, 2.45) is 23.2 Å². The van der Waals surface area contributed by atoms with Gasteiger partial charge in [0.15, 0.2) is 0 Å². The molecule has 5 rings (SSSR count). The number of rotatable bonds is 1. The molecular formula is C25H30O2. The highest BCUT2D eigenvalue weighted by Gasteiger charge is 2.58. The predicted octanol–water partition coefficient (Wildman–Crippen LogP) is 5.25. The fourth-order valence-electron chi connectivity index (χ4n) is 7.12. The van der Waals surface area contributed by atoms with Crippen LogP contribution in [-0.2, 0) is 6.42 Å². The third-order valence-electron chi connectivity index (χ3n) is 8.22. The molecule has 7 atom stereocenters. The average molecular weight is 363 g/mol. The van der Waals surface area contributed by atoms with Gasteiger partial charge in [0, 0.05) is 0 Å². The van der Waals surface area contributed by atoms with E-state index in [1.807, 2.05) is 12.1 Å². The summed E-state index contributed by atoms with van der Waals surface area (Å²) in [6.07, 6.45) is 4.16. The van der Waals surface area contributed by atoms with E-state index < -0.39 is 0 Å². The van der Waals surface area contributed by atoms with E-state index in [9.17, 15) is 10.2 Å². The Hall–Kier alpha value is -1.80. The van der Waals surface area contributed by atoms with E-state index in [-0.39, 0.29) is 11.5 Å². The van der Waals surface area contributed by atoms with Crippen LogP contribution in [0.5, 0.6) is 5.75 Å². The fourth-order valence-corrected chi connectivity index (χ4v) is 7.12. The lowest BCUT2D eigenvalue weighted by atomic mass is 9.51. The van der Waals surface area contributed by atoms with Crippen LogP contribution < -0.4 is 0 Å². The lowest BCUT2D eigenvalue weighted by Crippen LogP contribution is -2.45. The van der Waals surface area contributed by atoms with Gasteiger partial charge in [-0.25, -0.2) is 0 Å². The first kappa shape index (κ1) is 17.3. The van der Waals surface area contributed by atoms with Crippen LogP contribution in [-0.4, -0.2) is 16.3 Å². The molecule has 0 heterocycles. The van der Waals surface area contributed by atoms with E-state index in [1.165, 1.54) is 29.5 Å². The number of aliphatic hydroxyl groups is 1. The van der Waals surface area contributed by atoms with E-state index in [4.69, 9.17) is 0 Å². The summed E-state index contributed by atoms with van der Waals surface area (Å²) in [5.74, 6) is 2.85. The maximum absolute atomic E-state index is 10.7. The molecular weight excluding hydrogens is 332 g/mol. The minimum absolute atomic E-state index is 0.170. The molecule has 27 heavy (non-hydrogen) atoms. The monoisotopic (exact) mass is 362 g/mol. The van der Waals surface area contributed by atoms with Gasteiger partial charge in [0.1, 0.15) is 5.75 Å². The first-order chi connectivity index (χ1) is 13.0. The maximum atomic E-state index is 10.7. The first-order valence-electron chi connectivity index (χ1n) is 10.5. The van der Waals surface area contributed by atoms with Crippen molar-refractivity contribution >= 4 is 0 Å². The number of phenolic OH excluding ortho intramolecular Hbond substituents is 1. The quantitative estimate of drug-likeness (QED) is 0.727. The molecule has 3 aliphatic carbocycles. The number of aromatic hydroxyl groups is 1. The molecule has 2 N–H and O–H groups in total. The molecule has 2 nitrogen and oxygen atoms in total. The van der Waals surface area contributed by atoms with E-state index in [0.29, 0.717) is 35.3 Å². The third-order valence-corrected chi connectivity index (χ3v) is 8.22. The number of hydrogen-bond donors (Lipinski definition) is 2. The molecule has 0 aromatic heterocycles. The Balaban J connectivity index is 1.66. The summed E-state index contributed by atoms with van der Waals surface area (Å²) in [7, 11) is 0. The molecule has 2 fully saturated rings. The van der Waals surface area contributed by atoms with Crippen molar-refractivity contribution in [2.75, 3.05) is 0 Å². The maximum Gasteiger partial charge on any atom is 0.115 e. The van der Waals surface area contributed by atoms with Gasteiger partial charge < -0.3 is 10.2 Å². The number of phenols is 1. The highest BCUT2D eigenvalue weighted by atomic mass is 16.3. The van der Waals surface area contributed by atoms with Gasteiger partial charge in [0.05, 0.1) is 6.10 Å². The molecule has 0 spiro atoms. The molecule has 0 bridgehead atoms. The molecule has 142 valence electrons. The second kappa shape index (κ2) is 6.10. The Bertz CT molecular complexity index is 845. The standard InChI is InChI=1S/C25H30O2/c1-15-22(27)14-25(2)11-10-20-19-9-8-18(26)12-17(19)13-21(23(20)24(15)25)16-6-4-3-5-7-16/h3-9,12,15,20-24,26-27H,10-11,13-14H2,1-2H3/t15-,20+,21-,22-,23-,24-,25+/m0/s1. The molecule has 0 amide bonds. The Labute approximate surface area is 162 Å². The van der Waals surface area contributed by atoms with E-state index in [0.717, 1.165) is 12.8 Å². The Morgan fingerprint density at radius 1 is 1.04 bits per heavy atom. The van der Waals surface area contributed by atoms with Gasteiger partial charge in [-0.05, 0) is 89.5 Å². The lowest BCUT2D eigenvalue weighted by molar-refractivity contribution is 0.0234. The summed E-state index contributed by atoms with van der Waals surface area (Å²) in [6.45, 7) is 4.70. The molecule has 0 radical (unpaired) electrons. The topological polar surface area (TPSA) is 40.5 Å². The number of hydrogen-bond acceptors (Lipinski definition) is 2.